The molecule has 5 rings (SSSR count). The van der Waals surface area contributed by atoms with Gasteiger partial charge in [-0.25, -0.2) is 8.42 Å². The van der Waals surface area contributed by atoms with E-state index in [1.54, 1.807) is 26.8 Å². The van der Waals surface area contributed by atoms with Gasteiger partial charge in [0, 0.05) is 19.5 Å². The predicted molar refractivity (Wildman–Crippen MR) is 196 cm³/mol. The van der Waals surface area contributed by atoms with E-state index < -0.39 is 23.5 Å². The number of hydrogen-bond donors (Lipinski definition) is 0. The molecule has 3 aromatic carbocycles. The van der Waals surface area contributed by atoms with Crippen molar-refractivity contribution in [3.05, 3.63) is 107 Å². The van der Waals surface area contributed by atoms with Crippen LogP contribution in [0.15, 0.2) is 78.9 Å². The number of benzene rings is 3. The second-order valence-electron chi connectivity index (χ2n) is 12.4. The molecular weight excluding hydrogens is 758 g/mol. The Balaban J connectivity index is 0.000000388. The third-order valence-corrected chi connectivity index (χ3v) is 16.0. The zero-order chi connectivity index (χ0) is 34.9. The van der Waals surface area contributed by atoms with Crippen molar-refractivity contribution in [2.75, 3.05) is 0 Å². The molecule has 265 valence electrons. The number of halogens is 3. The van der Waals surface area contributed by atoms with Crippen molar-refractivity contribution in [3.63, 3.8) is 0 Å². The van der Waals surface area contributed by atoms with E-state index in [9.17, 15) is 13.2 Å². The Kier molecular flexibility index (Phi) is 16.9. The third-order valence-electron chi connectivity index (χ3n) is 8.69. The summed E-state index contributed by atoms with van der Waals surface area (Å²) in [6, 6.07) is 20.9. The zero-order valence-electron chi connectivity index (χ0n) is 28.9. The first kappa shape index (κ1) is 42.5. The van der Waals surface area contributed by atoms with Crippen LogP contribution in [0.2, 0.25) is 0 Å². The number of aryl methyl sites for hydroxylation is 4. The molecule has 1 saturated heterocycles. The molecule has 0 N–H and O–H groups in total. The molecule has 0 amide bonds. The summed E-state index contributed by atoms with van der Waals surface area (Å²) in [5, 5.41) is 6.33. The van der Waals surface area contributed by atoms with E-state index in [-0.39, 0.29) is 27.4 Å². The van der Waals surface area contributed by atoms with Gasteiger partial charge in [0.15, 0.2) is 10.1 Å². The van der Waals surface area contributed by atoms with Crippen LogP contribution in [0.4, 0.5) is 13.2 Å². The fraction of sp³-hybridized carbons (Fsp3) is 0.421. The van der Waals surface area contributed by atoms with Gasteiger partial charge in [0.1, 0.15) is 0 Å². The van der Waals surface area contributed by atoms with Crippen LogP contribution in [0.3, 0.4) is 0 Å². The Morgan fingerprint density at radius 3 is 1.35 bits per heavy atom. The first-order valence-electron chi connectivity index (χ1n) is 16.2. The first-order valence-corrected chi connectivity index (χ1v) is 20.4. The molecule has 0 bridgehead atoms. The van der Waals surface area contributed by atoms with Crippen LogP contribution in [-0.2, 0) is 29.6 Å². The van der Waals surface area contributed by atoms with Crippen LogP contribution in [0.5, 0.6) is 0 Å². The van der Waals surface area contributed by atoms with Crippen LogP contribution in [-0.4, -0.2) is 29.8 Å². The van der Waals surface area contributed by atoms with Crippen molar-refractivity contribution >= 4 is 47.2 Å². The van der Waals surface area contributed by atoms with E-state index >= 15 is 0 Å². The third kappa shape index (κ3) is 11.2. The van der Waals surface area contributed by atoms with Gasteiger partial charge in [-0.3, -0.25) is 0 Å². The normalized spacial score (nSPS) is 19.5. The Labute approximate surface area is 301 Å². The summed E-state index contributed by atoms with van der Waals surface area (Å²) >= 11 is 0. The van der Waals surface area contributed by atoms with Crippen molar-refractivity contribution in [1.82, 2.24) is 0 Å². The summed E-state index contributed by atoms with van der Waals surface area (Å²) in [5.74, 6) is 0. The Hall–Kier alpha value is -1.68. The largest absolute Gasteiger partial charge is 0.741 e. The van der Waals surface area contributed by atoms with Crippen molar-refractivity contribution < 1.29 is 45.6 Å². The molecule has 2 atom stereocenters. The Morgan fingerprint density at radius 2 is 1.02 bits per heavy atom. The summed E-state index contributed by atoms with van der Waals surface area (Å²) in [4.78, 5) is 0. The quantitative estimate of drug-likeness (QED) is 0.0869. The fourth-order valence-electron chi connectivity index (χ4n) is 6.33. The molecule has 1 aliphatic heterocycles. The van der Waals surface area contributed by atoms with Gasteiger partial charge < -0.3 is 4.55 Å². The fourth-order valence-corrected chi connectivity index (χ4v) is 13.0. The van der Waals surface area contributed by atoms with E-state index in [0.717, 1.165) is 11.3 Å². The van der Waals surface area contributed by atoms with E-state index in [4.69, 9.17) is 13.0 Å². The average molecular weight is 807 g/mol. The van der Waals surface area contributed by atoms with Crippen LogP contribution >= 0.6 is 15.8 Å². The standard InChI is InChI=1S/C29H36P2.C8H12.CHF3O3S.Rh/c1-19-11-8-12-20(2)28(19)31(29-21(3)13-9-14-22(29)4)27-16-10-15-26(25(27)7)30-23(5)17-18-24(30)6;1-2-4-6-8-7-5-3-1;2-1(3,4)8(5,6)7;/h8-16,23-24H,17-18H2,1-7H3;1-2,7-8H,3-6H2;(H,5,6,7);/p-1/b;2-1-,8-7-;;/t23-,24-;;;/m0.../s1. The summed E-state index contributed by atoms with van der Waals surface area (Å²) < 4.78 is 58.9. The SMILES string of the molecule is C1=C\CC/C=C\CC/1.Cc1cccc(C)c1P(c1cccc(P2[C@@H](C)CC[C@@H]2C)c1C)c1c(C)cccc1C.O=S(=O)([O-])C(F)(F)F.[Rh]. The van der Waals surface area contributed by atoms with Crippen LogP contribution < -0.4 is 21.2 Å². The topological polar surface area (TPSA) is 57.2 Å². The van der Waals surface area contributed by atoms with E-state index in [1.165, 1.54) is 60.8 Å². The molecule has 1 fully saturated rings. The number of allylic oxidation sites excluding steroid dienone is 4. The van der Waals surface area contributed by atoms with Crippen LogP contribution in [0.25, 0.3) is 0 Å². The molecule has 1 radical (unpaired) electrons. The second-order valence-corrected chi connectivity index (χ2v) is 18.9. The molecule has 0 spiro atoms. The van der Waals surface area contributed by atoms with Gasteiger partial charge in [-0.05, 0) is 141 Å². The molecule has 1 heterocycles. The van der Waals surface area contributed by atoms with Gasteiger partial charge in [-0.15, -0.1) is 0 Å². The van der Waals surface area contributed by atoms with Crippen molar-refractivity contribution in [2.24, 2.45) is 0 Å². The van der Waals surface area contributed by atoms with Gasteiger partial charge in [0.2, 0.25) is 0 Å². The van der Waals surface area contributed by atoms with Crippen molar-refractivity contribution in [3.8, 4) is 0 Å². The van der Waals surface area contributed by atoms with Crippen LogP contribution in [0.1, 0.15) is 80.2 Å². The summed E-state index contributed by atoms with van der Waals surface area (Å²) in [6.07, 6.45) is 16.8. The molecule has 0 saturated carbocycles. The molecule has 3 nitrogen and oxygen atoms in total. The monoisotopic (exact) mass is 806 g/mol. The maximum absolute atomic E-state index is 10.7. The van der Waals surface area contributed by atoms with Crippen molar-refractivity contribution in [2.45, 2.75) is 104 Å². The van der Waals surface area contributed by atoms with Gasteiger partial charge in [0.25, 0.3) is 0 Å². The summed E-state index contributed by atoms with van der Waals surface area (Å²) in [6.45, 7) is 16.6. The van der Waals surface area contributed by atoms with Gasteiger partial charge >= 0.3 is 5.51 Å². The zero-order valence-corrected chi connectivity index (χ0v) is 33.1. The van der Waals surface area contributed by atoms with Crippen molar-refractivity contribution in [1.29, 1.82) is 0 Å². The van der Waals surface area contributed by atoms with Crippen LogP contribution in [0, 0.1) is 34.6 Å². The molecule has 0 unspecified atom stereocenters. The maximum atomic E-state index is 10.7. The smallest absolute Gasteiger partial charge is 0.485 e. The van der Waals surface area contributed by atoms with Gasteiger partial charge in [0.05, 0.1) is 0 Å². The number of alkyl halides is 3. The molecule has 3 aromatic rings. The Morgan fingerprint density at radius 1 is 0.688 bits per heavy atom. The van der Waals surface area contributed by atoms with Gasteiger partial charge in [-0.1, -0.05) is 101 Å². The van der Waals surface area contributed by atoms with E-state index in [1.807, 2.05) is 0 Å². The number of rotatable bonds is 4. The summed E-state index contributed by atoms with van der Waals surface area (Å²) in [7, 11) is -6.77. The number of hydrogen-bond acceptors (Lipinski definition) is 3. The predicted octanol–water partition coefficient (Wildman–Crippen LogP) is 9.39. The molecule has 1 aliphatic carbocycles. The Bertz CT molecular complexity index is 1540. The minimum atomic E-state index is -6.09. The molecule has 10 heteroatoms. The minimum absolute atomic E-state index is 0. The van der Waals surface area contributed by atoms with E-state index in [0.29, 0.717) is 0 Å². The molecule has 2 aliphatic rings. The minimum Gasteiger partial charge on any atom is -0.741 e. The maximum Gasteiger partial charge on any atom is 0.485 e. The summed E-state index contributed by atoms with van der Waals surface area (Å²) in [5.41, 5.74) is 3.28. The average Bonchev–Trinajstić information content (AvgIpc) is 3.29. The molecular formula is C38H48F3O3P2RhS-. The van der Waals surface area contributed by atoms with E-state index in [2.05, 4.69) is 127 Å². The van der Waals surface area contributed by atoms with Gasteiger partial charge in [-0.2, -0.15) is 13.2 Å². The molecule has 0 aromatic heterocycles. The molecule has 48 heavy (non-hydrogen) atoms. The first-order chi connectivity index (χ1) is 22.1. The second kappa shape index (κ2) is 19.1.